The number of rotatable bonds is 35. The van der Waals surface area contributed by atoms with Crippen LogP contribution >= 0.6 is 18.8 Å². The van der Waals surface area contributed by atoms with Crippen molar-refractivity contribution in [2.24, 2.45) is 5.92 Å². The summed E-state index contributed by atoms with van der Waals surface area (Å²) >= 11 is 4.18. The number of ether oxygens (including phenoxy) is 6. The fraction of sp³-hybridized carbons (Fsp3) is 0.750. The summed E-state index contributed by atoms with van der Waals surface area (Å²) in [5, 5.41) is 11.7. The molecule has 0 bridgehead atoms. The lowest BCUT2D eigenvalue weighted by Gasteiger charge is -2.37. The molecule has 0 aromatic carbocycles. The van der Waals surface area contributed by atoms with E-state index in [0.29, 0.717) is 71.5 Å². The van der Waals surface area contributed by atoms with E-state index in [1.807, 2.05) is 0 Å². The third kappa shape index (κ3) is 27.5. The number of hydrogen-bond donors (Lipinski definition) is 5. The quantitative estimate of drug-likeness (QED) is 0.0270. The summed E-state index contributed by atoms with van der Waals surface area (Å²) in [7, 11) is 0. The number of carbonyl (C=O) groups excluding carboxylic acids is 4. The Morgan fingerprint density at radius 2 is 0.983 bits per heavy atom. The van der Waals surface area contributed by atoms with Crippen LogP contribution < -0.4 is 21.3 Å². The molecule has 16 nitrogen and oxygen atoms in total. The van der Waals surface area contributed by atoms with Crippen molar-refractivity contribution in [1.82, 2.24) is 21.3 Å². The van der Waals surface area contributed by atoms with Crippen LogP contribution in [0.5, 0.6) is 0 Å². The molecule has 328 valence electrons. The molecule has 0 aromatic rings. The van der Waals surface area contributed by atoms with Crippen molar-refractivity contribution in [3.8, 4) is 37.0 Å². The number of amides is 4. The maximum Gasteiger partial charge on any atom is 0.254 e. The van der Waals surface area contributed by atoms with Crippen LogP contribution in [0.3, 0.4) is 0 Å². The van der Waals surface area contributed by atoms with Crippen molar-refractivity contribution in [3.63, 3.8) is 0 Å². The third-order valence-electron chi connectivity index (χ3n) is 9.02. The highest BCUT2D eigenvalue weighted by Gasteiger charge is 2.37. The summed E-state index contributed by atoms with van der Waals surface area (Å²) in [6.45, 7) is 2.74. The summed E-state index contributed by atoms with van der Waals surface area (Å²) in [6, 6.07) is 0. The van der Waals surface area contributed by atoms with Gasteiger partial charge in [0.2, 0.25) is 23.6 Å². The average Bonchev–Trinajstić information content (AvgIpc) is 3.21. The van der Waals surface area contributed by atoms with Crippen molar-refractivity contribution in [2.45, 2.75) is 82.8 Å². The largest absolute Gasteiger partial charge is 0.377 e. The number of thiol groups is 1. The van der Waals surface area contributed by atoms with E-state index in [4.69, 9.17) is 52.2 Å². The minimum absolute atomic E-state index is 0.00873. The molecule has 1 unspecified atom stereocenters. The first-order valence-corrected chi connectivity index (χ1v) is 22.8. The van der Waals surface area contributed by atoms with Crippen LogP contribution in [0.2, 0.25) is 0 Å². The molecule has 1 aliphatic rings. The van der Waals surface area contributed by atoms with E-state index in [1.54, 1.807) is 6.92 Å². The minimum atomic E-state index is -3.01. The minimum Gasteiger partial charge on any atom is -0.377 e. The van der Waals surface area contributed by atoms with Gasteiger partial charge in [0, 0.05) is 56.5 Å². The fourth-order valence-corrected chi connectivity index (χ4v) is 7.05. The van der Waals surface area contributed by atoms with Gasteiger partial charge in [-0.25, -0.2) is 0 Å². The van der Waals surface area contributed by atoms with Gasteiger partial charge in [-0.3, -0.25) is 23.7 Å². The van der Waals surface area contributed by atoms with Crippen LogP contribution in [0.25, 0.3) is 0 Å². The first-order chi connectivity index (χ1) is 28.0. The number of terminal acetylenes is 3. The van der Waals surface area contributed by atoms with Crippen LogP contribution in [0.15, 0.2) is 0 Å². The Balaban J connectivity index is 3.03. The number of nitrogens with one attached hydrogen (secondary N) is 4. The number of hydrogen-bond acceptors (Lipinski definition) is 12. The summed E-state index contributed by atoms with van der Waals surface area (Å²) in [6.07, 6.45) is 18.1. The van der Waals surface area contributed by atoms with Gasteiger partial charge >= 0.3 is 0 Å². The van der Waals surface area contributed by atoms with E-state index >= 15 is 0 Å². The van der Waals surface area contributed by atoms with Crippen LogP contribution in [0, 0.1) is 42.9 Å². The summed E-state index contributed by atoms with van der Waals surface area (Å²) in [4.78, 5) is 53.2. The van der Waals surface area contributed by atoms with Crippen molar-refractivity contribution < 1.29 is 56.7 Å². The Labute approximate surface area is 350 Å². The Morgan fingerprint density at radius 3 is 1.33 bits per heavy atom. The Hall–Kier alpha value is -3.14. The molecule has 0 radical (unpaired) electrons. The highest BCUT2D eigenvalue weighted by molar-refractivity contribution is 8.46. The van der Waals surface area contributed by atoms with E-state index in [-0.39, 0.29) is 133 Å². The first kappa shape index (κ1) is 52.9. The Bertz CT molecular complexity index is 1250. The van der Waals surface area contributed by atoms with Crippen LogP contribution in [0.4, 0.5) is 0 Å². The van der Waals surface area contributed by atoms with Crippen molar-refractivity contribution in [1.29, 1.82) is 0 Å². The van der Waals surface area contributed by atoms with Gasteiger partial charge < -0.3 is 54.2 Å². The molecule has 18 heteroatoms. The molecule has 0 spiro atoms. The second kappa shape index (κ2) is 33.7. The van der Waals surface area contributed by atoms with E-state index in [2.05, 4.69) is 51.3 Å². The maximum absolute atomic E-state index is 14.0. The first-order valence-electron chi connectivity index (χ1n) is 19.9. The molecule has 0 aromatic heterocycles. The molecule has 1 aliphatic carbocycles. The Morgan fingerprint density at radius 1 is 0.621 bits per heavy atom. The smallest absolute Gasteiger partial charge is 0.254 e. The average molecular weight is 857 g/mol. The molecule has 4 amide bonds. The monoisotopic (exact) mass is 856 g/mol. The standard InChI is InChI=1S/C40H65N4O12PS/c1-5-22-50-28-31-53-25-19-41-36(45)13-16-40(17-14-37(46)42-20-26-54-32-29-51-23-6-2,18-15-38(47)43-21-27-55-33-30-52-24-7-3)44-39(48)34-9-11-35(12-10-34)56-57(49,58)8-4/h1-3,34-35H,8-33H2,4H3,(H,41,45)(H,42,46)(H,43,47)(H,44,48)(H,49,58)/t34-,35+,57?. The third-order valence-corrected chi connectivity index (χ3v) is 11.6. The highest BCUT2D eigenvalue weighted by Crippen LogP contribution is 2.53. The molecular formula is C40H65N4O12PS. The van der Waals surface area contributed by atoms with Gasteiger partial charge in [-0.15, -0.1) is 19.3 Å². The van der Waals surface area contributed by atoms with Gasteiger partial charge in [0.05, 0.1) is 65.6 Å². The highest BCUT2D eigenvalue weighted by atomic mass is 32.7. The van der Waals surface area contributed by atoms with Crippen LogP contribution in [-0.4, -0.2) is 140 Å². The van der Waals surface area contributed by atoms with Gasteiger partial charge in [-0.1, -0.05) is 36.9 Å². The lowest BCUT2D eigenvalue weighted by Crippen LogP contribution is -2.52. The molecule has 4 N–H and O–H groups in total. The van der Waals surface area contributed by atoms with E-state index in [0.717, 1.165) is 0 Å². The molecule has 1 atom stereocenters. The van der Waals surface area contributed by atoms with Gasteiger partial charge in [0.25, 0.3) is 6.57 Å². The Kier molecular flexibility index (Phi) is 30.7. The van der Waals surface area contributed by atoms with E-state index in [9.17, 15) is 23.7 Å². The second-order valence-corrected chi connectivity index (χ2v) is 17.4. The normalized spacial score (nSPS) is 16.2. The molecule has 1 rings (SSSR count). The van der Waals surface area contributed by atoms with E-state index < -0.39 is 12.1 Å². The predicted molar refractivity (Wildman–Crippen MR) is 223 cm³/mol. The molecule has 58 heavy (non-hydrogen) atoms. The van der Waals surface area contributed by atoms with Gasteiger partial charge in [0.15, 0.2) is 0 Å². The van der Waals surface area contributed by atoms with Crippen LogP contribution in [0.1, 0.15) is 71.1 Å². The zero-order valence-electron chi connectivity index (χ0n) is 34.1. The zero-order valence-corrected chi connectivity index (χ0v) is 35.9. The SMILES string of the molecule is C#CCOCCOCCNC(=O)CCC(CCC(=O)NCCOCCOCC#C)(CCC(=O)NCCOCCOCC#C)NC(=O)[C@H]1CC[C@@H](OP(=O)(S)CC)CC1. The second-order valence-electron chi connectivity index (χ2n) is 13.5. The molecule has 0 aliphatic heterocycles. The lowest BCUT2D eigenvalue weighted by molar-refractivity contribution is -0.131. The summed E-state index contributed by atoms with van der Waals surface area (Å²) in [5.74, 6) is 5.65. The molecule has 0 heterocycles. The van der Waals surface area contributed by atoms with Gasteiger partial charge in [-0.2, -0.15) is 0 Å². The zero-order chi connectivity index (χ0) is 42.7. The molecular weight excluding hydrogens is 791 g/mol. The topological polar surface area (TPSA) is 198 Å². The summed E-state index contributed by atoms with van der Waals surface area (Å²) in [5.41, 5.74) is -1.10. The molecule has 1 saturated carbocycles. The van der Waals surface area contributed by atoms with E-state index in [1.165, 1.54) is 0 Å². The van der Waals surface area contributed by atoms with Crippen molar-refractivity contribution >= 4 is 42.4 Å². The van der Waals surface area contributed by atoms with Crippen LogP contribution in [-0.2, 0) is 56.7 Å². The van der Waals surface area contributed by atoms with Gasteiger partial charge in [-0.05, 0) is 44.9 Å². The number of carbonyl (C=O) groups is 4. The van der Waals surface area contributed by atoms with Crippen molar-refractivity contribution in [3.05, 3.63) is 0 Å². The fourth-order valence-electron chi connectivity index (χ4n) is 5.83. The van der Waals surface area contributed by atoms with Crippen molar-refractivity contribution in [2.75, 3.05) is 105 Å². The molecule has 1 fully saturated rings. The maximum atomic E-state index is 14.0. The lowest BCUT2D eigenvalue weighted by atomic mass is 9.81. The summed E-state index contributed by atoms with van der Waals surface area (Å²) < 4.78 is 50.2. The predicted octanol–water partition coefficient (Wildman–Crippen LogP) is 2.25. The van der Waals surface area contributed by atoms with Gasteiger partial charge in [0.1, 0.15) is 19.8 Å². The molecule has 0 saturated heterocycles.